The number of ether oxygens (including phenoxy) is 1. The quantitative estimate of drug-likeness (QED) is 0.550. The zero-order valence-corrected chi connectivity index (χ0v) is 6.57. The average molecular weight is 157 g/mol. The molecule has 3 N–H and O–H groups in total. The summed E-state index contributed by atoms with van der Waals surface area (Å²) in [6.45, 7) is 4.69. The van der Waals surface area contributed by atoms with Crippen LogP contribution in [-0.4, -0.2) is 30.5 Å². The van der Waals surface area contributed by atoms with Gasteiger partial charge in [-0.25, -0.2) is 0 Å². The molecular weight excluding hydrogens is 142 g/mol. The molecule has 0 radical (unpaired) electrons. The van der Waals surface area contributed by atoms with Crippen LogP contribution in [0.1, 0.15) is 6.42 Å². The number of rotatable bonds is 2. The molecule has 3 unspecified atom stereocenters. The molecule has 0 saturated carbocycles. The normalized spacial score (nSPS) is 38.5. The minimum absolute atomic E-state index is 0.00810. The van der Waals surface area contributed by atoms with Crippen molar-refractivity contribution < 1.29 is 9.84 Å². The van der Waals surface area contributed by atoms with Crippen LogP contribution in [0, 0.1) is 5.92 Å². The molecule has 0 aromatic rings. The molecule has 0 bridgehead atoms. The second-order valence-corrected chi connectivity index (χ2v) is 2.81. The zero-order chi connectivity index (χ0) is 8.27. The van der Waals surface area contributed by atoms with Crippen molar-refractivity contribution >= 4 is 0 Å². The summed E-state index contributed by atoms with van der Waals surface area (Å²) in [4.78, 5) is 0. The van der Waals surface area contributed by atoms with Crippen LogP contribution >= 0.6 is 0 Å². The first-order valence-electron chi connectivity index (χ1n) is 3.92. The van der Waals surface area contributed by atoms with Crippen molar-refractivity contribution in [1.29, 1.82) is 0 Å². The summed E-state index contributed by atoms with van der Waals surface area (Å²) in [5.41, 5.74) is 5.45. The molecule has 0 amide bonds. The van der Waals surface area contributed by atoms with E-state index in [0.29, 0.717) is 19.6 Å². The molecular formula is C8H15NO2. The average Bonchev–Trinajstić information content (AvgIpc) is 2.04. The van der Waals surface area contributed by atoms with Gasteiger partial charge in [-0.3, -0.25) is 0 Å². The summed E-state index contributed by atoms with van der Waals surface area (Å²) in [5.74, 6) is 0.00810. The maximum Gasteiger partial charge on any atom is 0.0784 e. The smallest absolute Gasteiger partial charge is 0.0784 e. The summed E-state index contributed by atoms with van der Waals surface area (Å²) in [5, 5.41) is 9.46. The molecule has 1 rings (SSSR count). The van der Waals surface area contributed by atoms with Crippen molar-refractivity contribution in [2.24, 2.45) is 11.7 Å². The van der Waals surface area contributed by atoms with Gasteiger partial charge in [-0.05, 0) is 6.42 Å². The van der Waals surface area contributed by atoms with Crippen molar-refractivity contribution in [1.82, 2.24) is 0 Å². The lowest BCUT2D eigenvalue weighted by Gasteiger charge is -2.32. The van der Waals surface area contributed by atoms with Gasteiger partial charge in [-0.15, -0.1) is 6.58 Å². The van der Waals surface area contributed by atoms with Crippen LogP contribution in [0.15, 0.2) is 12.7 Å². The minimum atomic E-state index is -0.324. The second kappa shape index (κ2) is 3.85. The van der Waals surface area contributed by atoms with Gasteiger partial charge in [0.2, 0.25) is 0 Å². The molecule has 11 heavy (non-hydrogen) atoms. The Balaban J connectivity index is 2.55. The van der Waals surface area contributed by atoms with E-state index < -0.39 is 0 Å². The first-order valence-corrected chi connectivity index (χ1v) is 3.92. The Morgan fingerprint density at radius 3 is 2.91 bits per heavy atom. The number of nitrogens with two attached hydrogens (primary N) is 1. The molecule has 1 fully saturated rings. The molecule has 0 aliphatic carbocycles. The molecule has 1 saturated heterocycles. The van der Waals surface area contributed by atoms with Crippen LogP contribution < -0.4 is 5.73 Å². The molecule has 3 heteroatoms. The van der Waals surface area contributed by atoms with E-state index in [9.17, 15) is 5.11 Å². The maximum absolute atomic E-state index is 9.46. The first kappa shape index (κ1) is 8.71. The summed E-state index contributed by atoms with van der Waals surface area (Å²) >= 11 is 0. The van der Waals surface area contributed by atoms with E-state index in [2.05, 4.69) is 6.58 Å². The van der Waals surface area contributed by atoms with Gasteiger partial charge in [0.05, 0.1) is 12.2 Å². The Labute approximate surface area is 66.8 Å². The van der Waals surface area contributed by atoms with E-state index in [1.54, 1.807) is 6.08 Å². The molecule has 0 aromatic carbocycles. The standard InChI is InChI=1S/C8H15NO2/c1-2-6-7(10)3-4-11-8(6)5-9/h2,6-8,10H,1,3-5,9H2. The number of hydrogen-bond acceptors (Lipinski definition) is 3. The Hall–Kier alpha value is -0.380. The predicted molar refractivity (Wildman–Crippen MR) is 43.1 cm³/mol. The highest BCUT2D eigenvalue weighted by Crippen LogP contribution is 2.21. The molecule has 1 aliphatic heterocycles. The summed E-state index contributed by atoms with van der Waals surface area (Å²) in [6, 6.07) is 0. The van der Waals surface area contributed by atoms with E-state index in [0.717, 1.165) is 0 Å². The van der Waals surface area contributed by atoms with E-state index >= 15 is 0 Å². The second-order valence-electron chi connectivity index (χ2n) is 2.81. The van der Waals surface area contributed by atoms with Crippen molar-refractivity contribution in [2.45, 2.75) is 18.6 Å². The Bertz CT molecular complexity index is 138. The molecule has 3 nitrogen and oxygen atoms in total. The van der Waals surface area contributed by atoms with Gasteiger partial charge in [0.15, 0.2) is 0 Å². The SMILES string of the molecule is C=CC1C(O)CCOC1CN. The Kier molecular flexibility index (Phi) is 3.05. The topological polar surface area (TPSA) is 55.5 Å². The highest BCUT2D eigenvalue weighted by molar-refractivity contribution is 4.93. The molecule has 0 spiro atoms. The number of aliphatic hydroxyl groups excluding tert-OH is 1. The van der Waals surface area contributed by atoms with Crippen LogP contribution in [0.25, 0.3) is 0 Å². The third-order valence-electron chi connectivity index (χ3n) is 2.12. The lowest BCUT2D eigenvalue weighted by atomic mass is 9.91. The lowest BCUT2D eigenvalue weighted by molar-refractivity contribution is -0.0699. The van der Waals surface area contributed by atoms with Crippen LogP contribution in [0.4, 0.5) is 0 Å². The van der Waals surface area contributed by atoms with Crippen molar-refractivity contribution in [3.8, 4) is 0 Å². The van der Waals surface area contributed by atoms with Gasteiger partial charge >= 0.3 is 0 Å². The molecule has 1 aliphatic rings. The first-order chi connectivity index (χ1) is 5.29. The summed E-state index contributed by atoms with van der Waals surface area (Å²) in [6.07, 6.45) is 2.04. The lowest BCUT2D eigenvalue weighted by Crippen LogP contribution is -2.42. The fourth-order valence-corrected chi connectivity index (χ4v) is 1.43. The molecule has 0 aromatic heterocycles. The Morgan fingerprint density at radius 1 is 1.73 bits per heavy atom. The Morgan fingerprint density at radius 2 is 2.45 bits per heavy atom. The van der Waals surface area contributed by atoms with Crippen LogP contribution in [0.5, 0.6) is 0 Å². The van der Waals surface area contributed by atoms with Crippen LogP contribution in [0.3, 0.4) is 0 Å². The van der Waals surface area contributed by atoms with Gasteiger partial charge < -0.3 is 15.6 Å². The largest absolute Gasteiger partial charge is 0.392 e. The fraction of sp³-hybridized carbons (Fsp3) is 0.750. The van der Waals surface area contributed by atoms with Gasteiger partial charge in [-0.2, -0.15) is 0 Å². The van der Waals surface area contributed by atoms with Crippen molar-refractivity contribution in [3.63, 3.8) is 0 Å². The van der Waals surface area contributed by atoms with Crippen molar-refractivity contribution in [3.05, 3.63) is 12.7 Å². The summed E-state index contributed by atoms with van der Waals surface area (Å²) in [7, 11) is 0. The monoisotopic (exact) mass is 157 g/mol. The molecule has 1 heterocycles. The van der Waals surface area contributed by atoms with Crippen LogP contribution in [-0.2, 0) is 4.74 Å². The summed E-state index contributed by atoms with van der Waals surface area (Å²) < 4.78 is 5.34. The number of hydrogen-bond donors (Lipinski definition) is 2. The van der Waals surface area contributed by atoms with Gasteiger partial charge in [0, 0.05) is 19.1 Å². The minimum Gasteiger partial charge on any atom is -0.392 e. The van der Waals surface area contributed by atoms with Gasteiger partial charge in [-0.1, -0.05) is 6.08 Å². The zero-order valence-electron chi connectivity index (χ0n) is 6.57. The molecule has 64 valence electrons. The van der Waals surface area contributed by atoms with Crippen LogP contribution in [0.2, 0.25) is 0 Å². The van der Waals surface area contributed by atoms with Crippen molar-refractivity contribution in [2.75, 3.05) is 13.2 Å². The molecule has 3 atom stereocenters. The highest BCUT2D eigenvalue weighted by Gasteiger charge is 2.29. The highest BCUT2D eigenvalue weighted by atomic mass is 16.5. The maximum atomic E-state index is 9.46. The van der Waals surface area contributed by atoms with E-state index in [1.165, 1.54) is 0 Å². The van der Waals surface area contributed by atoms with E-state index in [-0.39, 0.29) is 18.1 Å². The van der Waals surface area contributed by atoms with Gasteiger partial charge in [0.1, 0.15) is 0 Å². The third kappa shape index (κ3) is 1.80. The predicted octanol–water partition coefficient (Wildman–Crippen LogP) is -0.103. The third-order valence-corrected chi connectivity index (χ3v) is 2.12. The van der Waals surface area contributed by atoms with E-state index in [4.69, 9.17) is 10.5 Å². The number of aliphatic hydroxyl groups is 1. The van der Waals surface area contributed by atoms with E-state index in [1.807, 2.05) is 0 Å². The van der Waals surface area contributed by atoms with Gasteiger partial charge in [0.25, 0.3) is 0 Å². The fourth-order valence-electron chi connectivity index (χ4n) is 1.43.